The molecule has 0 bridgehead atoms. The molecule has 0 radical (unpaired) electrons. The number of ether oxygens (including phenoxy) is 1. The van der Waals surface area contributed by atoms with Crippen molar-refractivity contribution in [2.24, 2.45) is 0 Å². The van der Waals surface area contributed by atoms with Crippen LogP contribution in [0.4, 0.5) is 0 Å². The van der Waals surface area contributed by atoms with Gasteiger partial charge in [-0.25, -0.2) is 4.79 Å². The number of H-pyrrole nitrogens is 1. The highest BCUT2D eigenvalue weighted by atomic mass is 16.5. The fraction of sp³-hybridized carbons (Fsp3) is 0.440. The van der Waals surface area contributed by atoms with Crippen molar-refractivity contribution in [2.75, 3.05) is 33.3 Å². The second kappa shape index (κ2) is 9.90. The van der Waals surface area contributed by atoms with Crippen LogP contribution in [0.5, 0.6) is 0 Å². The third-order valence-electron chi connectivity index (χ3n) is 6.54. The molecule has 3 heterocycles. The Balaban J connectivity index is 1.34. The quantitative estimate of drug-likeness (QED) is 0.419. The number of nitrogens with zero attached hydrogens (tertiary/aromatic N) is 4. The Morgan fingerprint density at radius 3 is 2.44 bits per heavy atom. The summed E-state index contributed by atoms with van der Waals surface area (Å²) in [6, 6.07) is 7.73. The minimum absolute atomic E-state index is 0.0242. The Morgan fingerprint density at radius 2 is 1.79 bits per heavy atom. The number of methoxy groups -OCH3 is 1. The van der Waals surface area contributed by atoms with Crippen LogP contribution < -0.4 is 0 Å². The molecule has 1 fully saturated rings. The summed E-state index contributed by atoms with van der Waals surface area (Å²) in [6.45, 7) is 11.2. The van der Waals surface area contributed by atoms with Gasteiger partial charge in [0.15, 0.2) is 5.78 Å². The molecule has 1 atom stereocenters. The molecule has 0 aliphatic carbocycles. The summed E-state index contributed by atoms with van der Waals surface area (Å²) in [6.07, 6.45) is 0. The number of aromatic amines is 1. The number of benzene rings is 1. The molecule has 1 unspecified atom stereocenters. The average molecular weight is 466 g/mol. The molecule has 1 aliphatic rings. The van der Waals surface area contributed by atoms with E-state index in [9.17, 15) is 9.59 Å². The van der Waals surface area contributed by atoms with Crippen LogP contribution in [0.15, 0.2) is 28.8 Å². The van der Waals surface area contributed by atoms with E-state index in [1.165, 1.54) is 12.7 Å². The van der Waals surface area contributed by atoms with Crippen LogP contribution in [0.2, 0.25) is 0 Å². The highest BCUT2D eigenvalue weighted by Crippen LogP contribution is 2.22. The summed E-state index contributed by atoms with van der Waals surface area (Å²) in [5.74, 6) is 0.721. The van der Waals surface area contributed by atoms with Crippen molar-refractivity contribution < 1.29 is 18.8 Å². The van der Waals surface area contributed by atoms with E-state index in [2.05, 4.69) is 24.9 Å². The van der Waals surface area contributed by atoms with Crippen LogP contribution in [0.1, 0.15) is 50.5 Å². The van der Waals surface area contributed by atoms with E-state index >= 15 is 0 Å². The third-order valence-corrected chi connectivity index (χ3v) is 6.54. The van der Waals surface area contributed by atoms with Crippen LogP contribution in [0.3, 0.4) is 0 Å². The molecule has 3 aromatic rings. The van der Waals surface area contributed by atoms with E-state index in [-0.39, 0.29) is 11.8 Å². The van der Waals surface area contributed by atoms with Gasteiger partial charge in [0.25, 0.3) is 0 Å². The van der Waals surface area contributed by atoms with Crippen molar-refractivity contribution >= 4 is 11.8 Å². The number of aryl methyl sites for hydroxylation is 2. The fourth-order valence-corrected chi connectivity index (χ4v) is 4.42. The molecular weight excluding hydrogens is 434 g/mol. The number of piperazine rings is 1. The fourth-order valence-electron chi connectivity index (χ4n) is 4.42. The number of hydrogen-bond donors (Lipinski definition) is 1. The first kappa shape index (κ1) is 23.8. The number of hydrogen-bond acceptors (Lipinski definition) is 8. The summed E-state index contributed by atoms with van der Waals surface area (Å²) < 4.78 is 10.3. The zero-order valence-corrected chi connectivity index (χ0v) is 20.3. The number of carbonyl (C=O) groups excluding carboxylic acids is 2. The predicted molar refractivity (Wildman–Crippen MR) is 127 cm³/mol. The van der Waals surface area contributed by atoms with Crippen LogP contribution in [0, 0.1) is 20.8 Å². The number of carbonyl (C=O) groups is 2. The Hall–Kier alpha value is -3.30. The molecule has 9 nitrogen and oxygen atoms in total. The molecule has 34 heavy (non-hydrogen) atoms. The maximum atomic E-state index is 13.2. The monoisotopic (exact) mass is 465 g/mol. The lowest BCUT2D eigenvalue weighted by atomic mass is 10.0. The van der Waals surface area contributed by atoms with Crippen LogP contribution >= 0.6 is 0 Å². The Morgan fingerprint density at radius 1 is 1.12 bits per heavy atom. The van der Waals surface area contributed by atoms with Crippen molar-refractivity contribution in [3.63, 3.8) is 0 Å². The van der Waals surface area contributed by atoms with Gasteiger partial charge in [0, 0.05) is 37.4 Å². The SMILES string of the molecule is COC(=O)c1c(C)[nH]c(C(=O)C(C)N2CCN(Cc3nc(-c4ccc(C)cc4)no3)CC2)c1C. The number of rotatable bonds is 7. The van der Waals surface area contributed by atoms with Crippen LogP contribution in [0.25, 0.3) is 11.4 Å². The molecule has 1 saturated heterocycles. The van der Waals surface area contributed by atoms with Crippen molar-refractivity contribution in [3.05, 3.63) is 58.2 Å². The molecule has 180 valence electrons. The van der Waals surface area contributed by atoms with Gasteiger partial charge < -0.3 is 14.2 Å². The smallest absolute Gasteiger partial charge is 0.339 e. The number of ketones is 1. The first-order valence-electron chi connectivity index (χ1n) is 11.5. The lowest BCUT2D eigenvalue weighted by molar-refractivity contribution is 0.0599. The normalized spacial score (nSPS) is 15.9. The second-order valence-electron chi connectivity index (χ2n) is 8.85. The molecule has 9 heteroatoms. The standard InChI is InChI=1S/C25H31N5O4/c1-15-6-8-19(9-7-15)24-27-20(34-28-24)14-29-10-12-30(13-11-29)18(4)23(31)22-16(2)21(17(3)26-22)25(32)33-5/h6-9,18,26H,10-14H2,1-5H3. The maximum Gasteiger partial charge on any atom is 0.339 e. The van der Waals surface area contributed by atoms with Gasteiger partial charge in [0.1, 0.15) is 0 Å². The van der Waals surface area contributed by atoms with Crippen LogP contribution in [-0.4, -0.2) is 76.0 Å². The van der Waals surface area contributed by atoms with Gasteiger partial charge in [-0.3, -0.25) is 14.6 Å². The zero-order chi connectivity index (χ0) is 24.4. The molecule has 4 rings (SSSR count). The lowest BCUT2D eigenvalue weighted by Gasteiger charge is -2.36. The summed E-state index contributed by atoms with van der Waals surface area (Å²) in [7, 11) is 1.34. The minimum Gasteiger partial charge on any atom is -0.465 e. The van der Waals surface area contributed by atoms with Crippen molar-refractivity contribution in [1.82, 2.24) is 24.9 Å². The molecule has 0 amide bonds. The van der Waals surface area contributed by atoms with E-state index in [4.69, 9.17) is 9.26 Å². The van der Waals surface area contributed by atoms with Gasteiger partial charge >= 0.3 is 5.97 Å². The molecule has 0 saturated carbocycles. The zero-order valence-electron chi connectivity index (χ0n) is 20.3. The lowest BCUT2D eigenvalue weighted by Crippen LogP contribution is -2.51. The largest absolute Gasteiger partial charge is 0.465 e. The van der Waals surface area contributed by atoms with Crippen molar-refractivity contribution in [3.8, 4) is 11.4 Å². The Kier molecular flexibility index (Phi) is 6.95. The molecule has 0 spiro atoms. The highest BCUT2D eigenvalue weighted by molar-refractivity contribution is 6.03. The predicted octanol–water partition coefficient (Wildman–Crippen LogP) is 3.17. The topological polar surface area (TPSA) is 105 Å². The minimum atomic E-state index is -0.432. The number of aromatic nitrogens is 3. The molecular formula is C25H31N5O4. The van der Waals surface area contributed by atoms with Gasteiger partial charge in [-0.1, -0.05) is 35.0 Å². The van der Waals surface area contributed by atoms with E-state index in [1.807, 2.05) is 38.1 Å². The van der Waals surface area contributed by atoms with E-state index < -0.39 is 5.97 Å². The average Bonchev–Trinajstić information content (AvgIpc) is 3.42. The number of esters is 1. The van der Waals surface area contributed by atoms with E-state index in [1.54, 1.807) is 13.8 Å². The summed E-state index contributed by atoms with van der Waals surface area (Å²) in [5, 5.41) is 4.11. The van der Waals surface area contributed by atoms with Gasteiger partial charge in [-0.05, 0) is 33.3 Å². The first-order chi connectivity index (χ1) is 16.3. The van der Waals surface area contributed by atoms with Gasteiger partial charge in [0.2, 0.25) is 11.7 Å². The highest BCUT2D eigenvalue weighted by Gasteiger charge is 2.30. The summed E-state index contributed by atoms with van der Waals surface area (Å²) in [4.78, 5) is 37.3. The van der Waals surface area contributed by atoms with Gasteiger partial charge in [-0.15, -0.1) is 0 Å². The van der Waals surface area contributed by atoms with E-state index in [0.717, 1.165) is 31.7 Å². The second-order valence-corrected chi connectivity index (χ2v) is 8.85. The van der Waals surface area contributed by atoms with E-state index in [0.29, 0.717) is 40.8 Å². The first-order valence-corrected chi connectivity index (χ1v) is 11.5. The molecule has 1 aliphatic heterocycles. The Labute approximate surface area is 199 Å². The molecule has 1 N–H and O–H groups in total. The maximum absolute atomic E-state index is 13.2. The van der Waals surface area contributed by atoms with Gasteiger partial charge in [0.05, 0.1) is 31.0 Å². The Bertz CT molecular complexity index is 1170. The van der Waals surface area contributed by atoms with Gasteiger partial charge in [-0.2, -0.15) is 4.98 Å². The van der Waals surface area contributed by atoms with Crippen molar-refractivity contribution in [2.45, 2.75) is 40.3 Å². The van der Waals surface area contributed by atoms with Crippen LogP contribution in [-0.2, 0) is 11.3 Å². The molecule has 2 aromatic heterocycles. The summed E-state index contributed by atoms with van der Waals surface area (Å²) >= 11 is 0. The molecule has 1 aromatic carbocycles. The number of nitrogens with one attached hydrogen (secondary N) is 1. The van der Waals surface area contributed by atoms with Crippen molar-refractivity contribution in [1.29, 1.82) is 0 Å². The number of Topliss-reactive ketones (excluding diaryl/α,β-unsaturated/α-hetero) is 1. The third kappa shape index (κ3) is 4.80. The summed E-state index contributed by atoms with van der Waals surface area (Å²) in [5.41, 5.74) is 4.32.